The SMILES string of the molecule is Cc1ccc(-c2nn(-c3ccccc3)cc2/C=N\N2CCN(C)CC2)c(C)c1. The van der Waals surface area contributed by atoms with E-state index >= 15 is 0 Å². The molecule has 0 bridgehead atoms. The Balaban J connectivity index is 1.72. The van der Waals surface area contributed by atoms with Gasteiger partial charge in [0.05, 0.1) is 11.9 Å². The Morgan fingerprint density at radius 3 is 2.43 bits per heavy atom. The van der Waals surface area contributed by atoms with Crippen LogP contribution in [0.2, 0.25) is 0 Å². The van der Waals surface area contributed by atoms with Gasteiger partial charge in [-0.15, -0.1) is 0 Å². The van der Waals surface area contributed by atoms with E-state index in [1.165, 1.54) is 11.1 Å². The summed E-state index contributed by atoms with van der Waals surface area (Å²) in [5, 5.41) is 11.8. The zero-order valence-electron chi connectivity index (χ0n) is 16.8. The summed E-state index contributed by atoms with van der Waals surface area (Å²) in [6.07, 6.45) is 4.04. The molecule has 144 valence electrons. The Morgan fingerprint density at radius 1 is 0.964 bits per heavy atom. The van der Waals surface area contributed by atoms with Crippen LogP contribution in [-0.4, -0.2) is 59.1 Å². The predicted octanol–water partition coefficient (Wildman–Crippen LogP) is 3.74. The molecule has 0 aliphatic carbocycles. The number of hydrazone groups is 1. The van der Waals surface area contributed by atoms with Crippen molar-refractivity contribution in [2.75, 3.05) is 33.2 Å². The Hall–Kier alpha value is -2.92. The van der Waals surface area contributed by atoms with Crippen molar-refractivity contribution in [1.82, 2.24) is 19.7 Å². The fourth-order valence-corrected chi connectivity index (χ4v) is 3.54. The van der Waals surface area contributed by atoms with Crippen LogP contribution in [0.5, 0.6) is 0 Å². The molecule has 1 saturated heterocycles. The van der Waals surface area contributed by atoms with Crippen molar-refractivity contribution >= 4 is 6.21 Å². The van der Waals surface area contributed by atoms with Crippen molar-refractivity contribution < 1.29 is 0 Å². The zero-order valence-corrected chi connectivity index (χ0v) is 16.8. The van der Waals surface area contributed by atoms with Crippen LogP contribution in [0.15, 0.2) is 59.8 Å². The Kier molecular flexibility index (Phi) is 5.26. The molecule has 3 aromatic rings. The largest absolute Gasteiger partial charge is 0.303 e. The summed E-state index contributed by atoms with van der Waals surface area (Å²) >= 11 is 0. The fraction of sp³-hybridized carbons (Fsp3) is 0.304. The van der Waals surface area contributed by atoms with Crippen LogP contribution in [-0.2, 0) is 0 Å². The molecule has 1 aliphatic heterocycles. The van der Waals surface area contributed by atoms with E-state index in [1.54, 1.807) is 0 Å². The number of hydrogen-bond donors (Lipinski definition) is 0. The summed E-state index contributed by atoms with van der Waals surface area (Å²) in [6.45, 7) is 8.27. The monoisotopic (exact) mass is 373 g/mol. The number of likely N-dealkylation sites (N-methyl/N-ethyl adjacent to an activating group) is 1. The van der Waals surface area contributed by atoms with Crippen molar-refractivity contribution in [3.8, 4) is 16.9 Å². The van der Waals surface area contributed by atoms with E-state index < -0.39 is 0 Å². The standard InChI is InChI=1S/C23H27N5/c1-18-9-10-22(19(2)15-18)23-20(16-24-27-13-11-26(3)12-14-27)17-28(25-23)21-7-5-4-6-8-21/h4-10,15-17H,11-14H2,1-3H3/b24-16-. The highest BCUT2D eigenvalue weighted by Gasteiger charge is 2.15. The lowest BCUT2D eigenvalue weighted by Crippen LogP contribution is -2.41. The molecule has 0 spiro atoms. The number of para-hydroxylation sites is 1. The van der Waals surface area contributed by atoms with E-state index in [2.05, 4.69) is 67.3 Å². The molecule has 2 aromatic carbocycles. The van der Waals surface area contributed by atoms with Crippen molar-refractivity contribution in [1.29, 1.82) is 0 Å². The fourth-order valence-electron chi connectivity index (χ4n) is 3.54. The minimum Gasteiger partial charge on any atom is -0.303 e. The molecule has 0 atom stereocenters. The highest BCUT2D eigenvalue weighted by atomic mass is 15.5. The van der Waals surface area contributed by atoms with Crippen LogP contribution >= 0.6 is 0 Å². The number of aromatic nitrogens is 2. The molecule has 1 aromatic heterocycles. The van der Waals surface area contributed by atoms with Gasteiger partial charge in [-0.1, -0.05) is 42.0 Å². The first-order valence-corrected chi connectivity index (χ1v) is 9.80. The van der Waals surface area contributed by atoms with Gasteiger partial charge in [0.1, 0.15) is 5.69 Å². The summed E-state index contributed by atoms with van der Waals surface area (Å²) in [6, 6.07) is 16.7. The van der Waals surface area contributed by atoms with Gasteiger partial charge in [0, 0.05) is 43.5 Å². The van der Waals surface area contributed by atoms with E-state index in [4.69, 9.17) is 10.2 Å². The van der Waals surface area contributed by atoms with Gasteiger partial charge in [-0.2, -0.15) is 10.2 Å². The summed E-state index contributed by atoms with van der Waals surface area (Å²) in [5.41, 5.74) is 6.70. The van der Waals surface area contributed by atoms with Crippen molar-refractivity contribution in [3.05, 3.63) is 71.4 Å². The average molecular weight is 374 g/mol. The second kappa shape index (κ2) is 7.98. The molecule has 1 fully saturated rings. The molecule has 4 rings (SSSR count). The van der Waals surface area contributed by atoms with Gasteiger partial charge in [0.15, 0.2) is 0 Å². The maximum Gasteiger partial charge on any atom is 0.102 e. The molecule has 0 N–H and O–H groups in total. The molecule has 1 aliphatic rings. The number of benzene rings is 2. The first-order valence-electron chi connectivity index (χ1n) is 9.80. The molecule has 28 heavy (non-hydrogen) atoms. The minimum atomic E-state index is 0.957. The Bertz CT molecular complexity index is 966. The van der Waals surface area contributed by atoms with E-state index in [0.29, 0.717) is 0 Å². The summed E-state index contributed by atoms with van der Waals surface area (Å²) < 4.78 is 1.94. The molecule has 0 radical (unpaired) electrons. The van der Waals surface area contributed by atoms with Crippen LogP contribution in [0.25, 0.3) is 16.9 Å². The minimum absolute atomic E-state index is 0.957. The second-order valence-electron chi connectivity index (χ2n) is 7.53. The van der Waals surface area contributed by atoms with E-state index in [1.807, 2.05) is 29.1 Å². The van der Waals surface area contributed by atoms with Gasteiger partial charge in [-0.25, -0.2) is 4.68 Å². The number of nitrogens with zero attached hydrogens (tertiary/aromatic N) is 5. The average Bonchev–Trinajstić information content (AvgIpc) is 3.12. The maximum absolute atomic E-state index is 4.92. The molecular formula is C23H27N5. The number of rotatable bonds is 4. The number of piperazine rings is 1. The van der Waals surface area contributed by atoms with E-state index in [0.717, 1.165) is 48.7 Å². The zero-order chi connectivity index (χ0) is 19.5. The van der Waals surface area contributed by atoms with Crippen LogP contribution < -0.4 is 0 Å². The topological polar surface area (TPSA) is 36.7 Å². The van der Waals surface area contributed by atoms with Crippen LogP contribution in [0.3, 0.4) is 0 Å². The van der Waals surface area contributed by atoms with E-state index in [-0.39, 0.29) is 0 Å². The van der Waals surface area contributed by atoms with Gasteiger partial charge < -0.3 is 4.90 Å². The normalized spacial score (nSPS) is 15.5. The second-order valence-corrected chi connectivity index (χ2v) is 7.53. The van der Waals surface area contributed by atoms with Crippen LogP contribution in [0.4, 0.5) is 0 Å². The molecular weight excluding hydrogens is 346 g/mol. The van der Waals surface area contributed by atoms with Gasteiger partial charge >= 0.3 is 0 Å². The Morgan fingerprint density at radius 2 is 1.71 bits per heavy atom. The van der Waals surface area contributed by atoms with Gasteiger partial charge in [0.25, 0.3) is 0 Å². The third-order valence-electron chi connectivity index (χ3n) is 5.24. The van der Waals surface area contributed by atoms with Gasteiger partial charge in [-0.05, 0) is 38.6 Å². The summed E-state index contributed by atoms with van der Waals surface area (Å²) in [4.78, 5) is 2.33. The van der Waals surface area contributed by atoms with Crippen LogP contribution in [0, 0.1) is 13.8 Å². The predicted molar refractivity (Wildman–Crippen MR) is 115 cm³/mol. The highest BCUT2D eigenvalue weighted by molar-refractivity contribution is 5.89. The van der Waals surface area contributed by atoms with Gasteiger partial charge in [0.2, 0.25) is 0 Å². The molecule has 2 heterocycles. The maximum atomic E-state index is 4.92. The lowest BCUT2D eigenvalue weighted by Gasteiger charge is -2.30. The van der Waals surface area contributed by atoms with Gasteiger partial charge in [-0.3, -0.25) is 5.01 Å². The third-order valence-corrected chi connectivity index (χ3v) is 5.24. The first-order chi connectivity index (χ1) is 13.6. The Labute approximate surface area is 166 Å². The number of hydrogen-bond acceptors (Lipinski definition) is 4. The molecule has 0 unspecified atom stereocenters. The summed E-state index contributed by atoms with van der Waals surface area (Å²) in [7, 11) is 2.16. The lowest BCUT2D eigenvalue weighted by atomic mass is 10.0. The quantitative estimate of drug-likeness (QED) is 0.654. The smallest absolute Gasteiger partial charge is 0.102 e. The highest BCUT2D eigenvalue weighted by Crippen LogP contribution is 2.26. The van der Waals surface area contributed by atoms with Crippen LogP contribution in [0.1, 0.15) is 16.7 Å². The van der Waals surface area contributed by atoms with Crippen molar-refractivity contribution in [2.24, 2.45) is 5.10 Å². The third kappa shape index (κ3) is 3.99. The molecule has 0 amide bonds. The summed E-state index contributed by atoms with van der Waals surface area (Å²) in [5.74, 6) is 0. The van der Waals surface area contributed by atoms with E-state index in [9.17, 15) is 0 Å². The number of aryl methyl sites for hydroxylation is 2. The molecule has 5 nitrogen and oxygen atoms in total. The first kappa shape index (κ1) is 18.4. The molecule has 5 heteroatoms. The van der Waals surface area contributed by atoms with Crippen molar-refractivity contribution in [3.63, 3.8) is 0 Å². The van der Waals surface area contributed by atoms with Crippen molar-refractivity contribution in [2.45, 2.75) is 13.8 Å². The molecule has 0 saturated carbocycles. The lowest BCUT2D eigenvalue weighted by molar-refractivity contribution is 0.159.